The number of hydrogen-bond donors (Lipinski definition) is 1. The molecule has 0 aromatic heterocycles. The summed E-state index contributed by atoms with van der Waals surface area (Å²) >= 11 is 0. The van der Waals surface area contributed by atoms with Crippen molar-refractivity contribution < 1.29 is 26.9 Å². The number of carbonyl (C=O) groups excluding carboxylic acids is 1. The van der Waals surface area contributed by atoms with Crippen LogP contribution in [0.3, 0.4) is 0 Å². The van der Waals surface area contributed by atoms with E-state index in [1.807, 2.05) is 0 Å². The zero-order valence-electron chi connectivity index (χ0n) is 16.8. The van der Waals surface area contributed by atoms with Crippen LogP contribution in [0.2, 0.25) is 0 Å². The van der Waals surface area contributed by atoms with Gasteiger partial charge in [0.2, 0.25) is 0 Å². The van der Waals surface area contributed by atoms with Gasteiger partial charge in [-0.2, -0.15) is 8.42 Å². The highest BCUT2D eigenvalue weighted by Crippen LogP contribution is 2.25. The Morgan fingerprint density at radius 3 is 2.34 bits per heavy atom. The Kier molecular flexibility index (Phi) is 8.29. The molecular weight excluding hydrogens is 396 g/mol. The second-order valence-electron chi connectivity index (χ2n) is 6.08. The molecule has 29 heavy (non-hydrogen) atoms. The van der Waals surface area contributed by atoms with E-state index in [0.29, 0.717) is 30.2 Å². The lowest BCUT2D eigenvalue weighted by molar-refractivity contribution is 0.152. The maximum Gasteiger partial charge on any atom is 0.322 e. The van der Waals surface area contributed by atoms with E-state index in [0.717, 1.165) is 0 Å². The molecule has 0 atom stereocenters. The molecule has 0 radical (unpaired) electrons. The van der Waals surface area contributed by atoms with Gasteiger partial charge in [0.05, 0.1) is 31.7 Å². The number of benzene rings is 2. The molecule has 2 aromatic rings. The van der Waals surface area contributed by atoms with Gasteiger partial charge in [0.25, 0.3) is 0 Å². The molecule has 158 valence electrons. The lowest BCUT2D eigenvalue weighted by Crippen LogP contribution is -2.37. The number of methoxy groups -OCH3 is 2. The topological polar surface area (TPSA) is 94.2 Å². The normalized spacial score (nSPS) is 11.0. The maximum atomic E-state index is 12.9. The fraction of sp³-hybridized carbons (Fsp3) is 0.350. The Bertz CT molecular complexity index is 917. The number of hydrogen-bond acceptors (Lipinski definition) is 6. The van der Waals surface area contributed by atoms with Crippen molar-refractivity contribution in [1.82, 2.24) is 4.90 Å². The molecule has 0 heterocycles. The smallest absolute Gasteiger partial charge is 0.322 e. The summed E-state index contributed by atoms with van der Waals surface area (Å²) < 4.78 is 39.3. The number of urea groups is 1. The van der Waals surface area contributed by atoms with Crippen molar-refractivity contribution in [3.05, 3.63) is 54.1 Å². The summed E-state index contributed by atoms with van der Waals surface area (Å²) in [6, 6.07) is 13.4. The third-order valence-electron chi connectivity index (χ3n) is 4.11. The number of nitrogens with zero attached hydrogens (tertiary/aromatic N) is 1. The van der Waals surface area contributed by atoms with Gasteiger partial charge in [-0.15, -0.1) is 0 Å². The number of ether oxygens (including phenoxy) is 2. The number of carbonyl (C=O) groups is 1. The van der Waals surface area contributed by atoms with E-state index in [2.05, 4.69) is 5.32 Å². The highest BCUT2D eigenvalue weighted by molar-refractivity contribution is 7.87. The average molecular weight is 423 g/mol. The first-order valence-electron chi connectivity index (χ1n) is 9.08. The van der Waals surface area contributed by atoms with Crippen molar-refractivity contribution in [3.8, 4) is 11.5 Å². The number of amides is 2. The number of para-hydroxylation sites is 3. The third-order valence-corrected chi connectivity index (χ3v) is 5.25. The van der Waals surface area contributed by atoms with E-state index >= 15 is 0 Å². The highest BCUT2D eigenvalue weighted by Gasteiger charge is 2.19. The molecule has 0 fully saturated rings. The summed E-state index contributed by atoms with van der Waals surface area (Å²) in [7, 11) is -0.620. The molecule has 2 amide bonds. The first-order valence-corrected chi connectivity index (χ1v) is 10.7. The predicted octanol–water partition coefficient (Wildman–Crippen LogP) is 3.10. The first kappa shape index (κ1) is 22.5. The van der Waals surface area contributed by atoms with Gasteiger partial charge in [0, 0.05) is 19.2 Å². The second kappa shape index (κ2) is 10.7. The summed E-state index contributed by atoms with van der Waals surface area (Å²) in [6.07, 6.45) is 0. The molecule has 0 aliphatic carbocycles. The summed E-state index contributed by atoms with van der Waals surface area (Å²) in [5, 5.41) is 2.82. The molecule has 0 saturated carbocycles. The Balaban J connectivity index is 2.24. The molecule has 0 bridgehead atoms. The highest BCUT2D eigenvalue weighted by atomic mass is 32.2. The van der Waals surface area contributed by atoms with Crippen LogP contribution >= 0.6 is 0 Å². The minimum Gasteiger partial charge on any atom is -0.495 e. The largest absolute Gasteiger partial charge is 0.495 e. The van der Waals surface area contributed by atoms with Gasteiger partial charge in [-0.25, -0.2) is 4.79 Å². The Labute approximate surface area is 171 Å². The van der Waals surface area contributed by atoms with Crippen LogP contribution in [0.5, 0.6) is 11.5 Å². The van der Waals surface area contributed by atoms with Crippen LogP contribution in [0.15, 0.2) is 48.5 Å². The third kappa shape index (κ3) is 6.65. The molecule has 9 heteroatoms. The minimum absolute atomic E-state index is 0.139. The van der Waals surface area contributed by atoms with E-state index in [-0.39, 0.29) is 24.1 Å². The predicted molar refractivity (Wildman–Crippen MR) is 111 cm³/mol. The Morgan fingerprint density at radius 2 is 1.69 bits per heavy atom. The van der Waals surface area contributed by atoms with Crippen LogP contribution in [-0.4, -0.2) is 52.5 Å². The molecule has 0 unspecified atom stereocenters. The van der Waals surface area contributed by atoms with Gasteiger partial charge in [0.15, 0.2) is 0 Å². The molecule has 2 aromatic carbocycles. The lowest BCUT2D eigenvalue weighted by atomic mass is 10.2. The fourth-order valence-electron chi connectivity index (χ4n) is 2.51. The van der Waals surface area contributed by atoms with Crippen LogP contribution in [0.25, 0.3) is 0 Å². The second-order valence-corrected chi connectivity index (χ2v) is 7.94. The van der Waals surface area contributed by atoms with E-state index in [4.69, 9.17) is 13.7 Å². The maximum absolute atomic E-state index is 12.9. The van der Waals surface area contributed by atoms with Crippen LogP contribution in [0.4, 0.5) is 10.5 Å². The molecule has 0 aliphatic rings. The Hall–Kier alpha value is -2.78. The van der Waals surface area contributed by atoms with Gasteiger partial charge < -0.3 is 23.9 Å². The molecule has 0 saturated heterocycles. The number of rotatable bonds is 10. The molecule has 0 aliphatic heterocycles. The Morgan fingerprint density at radius 1 is 1.03 bits per heavy atom. The van der Waals surface area contributed by atoms with Gasteiger partial charge in [-0.3, -0.25) is 0 Å². The fourth-order valence-corrected chi connectivity index (χ4v) is 3.07. The van der Waals surface area contributed by atoms with Crippen molar-refractivity contribution in [2.75, 3.05) is 38.4 Å². The number of nitrogens with one attached hydrogen (secondary N) is 1. The molecule has 2 rings (SSSR count). The van der Waals surface area contributed by atoms with Crippen molar-refractivity contribution in [3.63, 3.8) is 0 Å². The number of anilines is 1. The zero-order valence-corrected chi connectivity index (χ0v) is 17.6. The zero-order chi connectivity index (χ0) is 21.3. The van der Waals surface area contributed by atoms with E-state index in [1.54, 1.807) is 55.6 Å². The van der Waals surface area contributed by atoms with Gasteiger partial charge in [-0.1, -0.05) is 30.3 Å². The lowest BCUT2D eigenvalue weighted by Gasteiger charge is -2.24. The quantitative estimate of drug-likeness (QED) is 0.591. The molecule has 8 nitrogen and oxygen atoms in total. The standard InChI is InChI=1S/C20H26N2O6S/c1-4-29(24,25)28-18-11-7-5-9-16(18)15-22(13-14-26-2)20(23)21-17-10-6-8-12-19(17)27-3/h5-12H,4,13-15H2,1-3H3,(H,21,23). The molecule has 0 spiro atoms. The monoisotopic (exact) mass is 422 g/mol. The van der Waals surface area contributed by atoms with Crippen LogP contribution in [0.1, 0.15) is 12.5 Å². The minimum atomic E-state index is -3.69. The van der Waals surface area contributed by atoms with Gasteiger partial charge >= 0.3 is 16.1 Å². The molecule has 1 N–H and O–H groups in total. The molecular formula is C20H26N2O6S. The van der Waals surface area contributed by atoms with E-state index in [1.165, 1.54) is 18.9 Å². The van der Waals surface area contributed by atoms with Crippen molar-refractivity contribution in [2.45, 2.75) is 13.5 Å². The SMILES string of the molecule is CCS(=O)(=O)Oc1ccccc1CN(CCOC)C(=O)Nc1ccccc1OC. The van der Waals surface area contributed by atoms with E-state index in [9.17, 15) is 13.2 Å². The van der Waals surface area contributed by atoms with Gasteiger partial charge in [0.1, 0.15) is 11.5 Å². The summed E-state index contributed by atoms with van der Waals surface area (Å²) in [4.78, 5) is 14.4. The summed E-state index contributed by atoms with van der Waals surface area (Å²) in [5.41, 5.74) is 1.09. The van der Waals surface area contributed by atoms with Crippen molar-refractivity contribution in [1.29, 1.82) is 0 Å². The van der Waals surface area contributed by atoms with E-state index < -0.39 is 10.1 Å². The van der Waals surface area contributed by atoms with Crippen LogP contribution in [0, 0.1) is 0 Å². The summed E-state index contributed by atoms with van der Waals surface area (Å²) in [5.74, 6) is 0.579. The average Bonchev–Trinajstić information content (AvgIpc) is 2.72. The van der Waals surface area contributed by atoms with Crippen LogP contribution in [-0.2, 0) is 21.4 Å². The summed E-state index contributed by atoms with van der Waals surface area (Å²) in [6.45, 7) is 2.26. The van der Waals surface area contributed by atoms with Crippen molar-refractivity contribution >= 4 is 21.8 Å². The van der Waals surface area contributed by atoms with Crippen LogP contribution < -0.4 is 14.2 Å². The first-order chi connectivity index (χ1) is 13.9. The van der Waals surface area contributed by atoms with Crippen molar-refractivity contribution in [2.24, 2.45) is 0 Å². The van der Waals surface area contributed by atoms with Gasteiger partial charge in [-0.05, 0) is 25.1 Å².